The molecule has 0 unspecified atom stereocenters. The predicted octanol–water partition coefficient (Wildman–Crippen LogP) is 4.02. The number of benzene rings is 2. The minimum atomic E-state index is -1.87. The van der Waals surface area contributed by atoms with Gasteiger partial charge < -0.3 is 9.84 Å². The summed E-state index contributed by atoms with van der Waals surface area (Å²) >= 11 is 0. The van der Waals surface area contributed by atoms with Crippen LogP contribution in [0.3, 0.4) is 0 Å². The van der Waals surface area contributed by atoms with Gasteiger partial charge in [-0.05, 0) is 22.4 Å². The van der Waals surface area contributed by atoms with Gasteiger partial charge >= 0.3 is 0 Å². The zero-order chi connectivity index (χ0) is 19.5. The largest absolute Gasteiger partial charge is 0.481 e. The van der Waals surface area contributed by atoms with Crippen LogP contribution in [0.2, 0.25) is 13.1 Å². The van der Waals surface area contributed by atoms with Gasteiger partial charge in [0.15, 0.2) is 0 Å². The van der Waals surface area contributed by atoms with Gasteiger partial charge in [0.2, 0.25) is 5.88 Å². The number of ether oxygens (including phenoxy) is 1. The molecule has 27 heavy (non-hydrogen) atoms. The molecule has 0 aliphatic heterocycles. The van der Waals surface area contributed by atoms with Crippen LogP contribution in [0.1, 0.15) is 16.7 Å². The summed E-state index contributed by atoms with van der Waals surface area (Å²) in [5.41, 5.74) is 2.83. The molecule has 0 aliphatic rings. The molecule has 0 fully saturated rings. The van der Waals surface area contributed by atoms with Crippen molar-refractivity contribution in [3.8, 4) is 5.88 Å². The van der Waals surface area contributed by atoms with E-state index in [1.54, 1.807) is 7.11 Å². The second kappa shape index (κ2) is 7.51. The lowest BCUT2D eigenvalue weighted by Crippen LogP contribution is -2.41. The third-order valence-corrected chi connectivity index (χ3v) is 7.85. The summed E-state index contributed by atoms with van der Waals surface area (Å²) in [6.45, 7) is 8.41. The predicted molar refractivity (Wildman–Crippen MR) is 113 cm³/mol. The van der Waals surface area contributed by atoms with E-state index < -0.39 is 13.7 Å². The first kappa shape index (κ1) is 19.1. The summed E-state index contributed by atoms with van der Waals surface area (Å²) in [6, 6.07) is 21.3. The number of aromatic nitrogens is 1. The van der Waals surface area contributed by atoms with Gasteiger partial charge in [-0.15, -0.1) is 6.58 Å². The second-order valence-corrected chi connectivity index (χ2v) is 11.6. The van der Waals surface area contributed by atoms with Gasteiger partial charge in [0.25, 0.3) is 0 Å². The second-order valence-electron chi connectivity index (χ2n) is 7.15. The topological polar surface area (TPSA) is 42.4 Å². The fourth-order valence-electron chi connectivity index (χ4n) is 3.18. The molecule has 0 bridgehead atoms. The molecule has 1 heterocycles. The Hall–Kier alpha value is -2.69. The summed E-state index contributed by atoms with van der Waals surface area (Å²) in [4.78, 5) is 4.53. The summed E-state index contributed by atoms with van der Waals surface area (Å²) in [7, 11) is -0.285. The van der Waals surface area contributed by atoms with Crippen molar-refractivity contribution in [3.05, 3.63) is 102 Å². The van der Waals surface area contributed by atoms with Crippen LogP contribution in [0.5, 0.6) is 5.88 Å². The van der Waals surface area contributed by atoms with E-state index in [9.17, 15) is 5.11 Å². The van der Waals surface area contributed by atoms with Gasteiger partial charge in [0.1, 0.15) is 13.7 Å². The van der Waals surface area contributed by atoms with Crippen LogP contribution < -0.4 is 9.92 Å². The quantitative estimate of drug-likeness (QED) is 0.662. The molecule has 0 amide bonds. The maximum absolute atomic E-state index is 12.1. The van der Waals surface area contributed by atoms with Crippen LogP contribution in [0.25, 0.3) is 0 Å². The normalized spacial score (nSPS) is 11.9. The minimum Gasteiger partial charge on any atom is -0.481 e. The summed E-state index contributed by atoms with van der Waals surface area (Å²) in [6.07, 6.45) is 1.84. The monoisotopic (exact) mass is 375 g/mol. The van der Waals surface area contributed by atoms with Crippen molar-refractivity contribution in [1.29, 1.82) is 0 Å². The number of nitrogens with zero attached hydrogens (tertiary/aromatic N) is 1. The molecule has 3 aromatic rings. The molecule has 0 saturated heterocycles. The van der Waals surface area contributed by atoms with Gasteiger partial charge in [-0.2, -0.15) is 0 Å². The fourth-order valence-corrected chi connectivity index (χ4v) is 4.33. The highest BCUT2D eigenvalue weighted by molar-refractivity contribution is 6.93. The first-order valence-corrected chi connectivity index (χ1v) is 12.0. The molecule has 1 aromatic heterocycles. The molecule has 0 spiro atoms. The lowest BCUT2D eigenvalue weighted by Gasteiger charge is -2.32. The molecule has 0 saturated carbocycles. The van der Waals surface area contributed by atoms with E-state index in [4.69, 9.17) is 4.74 Å². The Morgan fingerprint density at radius 3 is 1.96 bits per heavy atom. The molecular formula is C23H25NO2Si. The fraction of sp³-hybridized carbons (Fsp3) is 0.174. The summed E-state index contributed by atoms with van der Waals surface area (Å²) in [5.74, 6) is 0.419. The standard InChI is InChI=1S/C23H25NO2Si/c1-5-27(3,4)20-16-21(22(26-2)24-17-20)23(25,18-12-8-6-9-13-18)19-14-10-7-11-15-19/h5-17,25H,1H2,2-4H3. The minimum absolute atomic E-state index is 0.419. The summed E-state index contributed by atoms with van der Waals surface area (Å²) in [5, 5.41) is 13.2. The molecule has 138 valence electrons. The molecule has 0 atom stereocenters. The van der Waals surface area contributed by atoms with E-state index in [0.717, 1.165) is 16.3 Å². The third kappa shape index (κ3) is 3.46. The highest BCUT2D eigenvalue weighted by atomic mass is 28.3. The van der Waals surface area contributed by atoms with E-state index in [1.807, 2.05) is 78.6 Å². The van der Waals surface area contributed by atoms with Gasteiger partial charge in [0, 0.05) is 6.20 Å². The molecule has 4 heteroatoms. The Balaban J connectivity index is 2.34. The Bertz CT molecular complexity index is 884. The van der Waals surface area contributed by atoms with Crippen LogP contribution in [0.4, 0.5) is 0 Å². The van der Waals surface area contributed by atoms with Crippen molar-refractivity contribution >= 4 is 13.3 Å². The molecule has 3 nitrogen and oxygen atoms in total. The molecule has 1 N–H and O–H groups in total. The molecule has 0 aliphatic carbocycles. The summed E-state index contributed by atoms with van der Waals surface area (Å²) < 4.78 is 5.55. The number of hydrogen-bond acceptors (Lipinski definition) is 3. The number of rotatable bonds is 6. The lowest BCUT2D eigenvalue weighted by molar-refractivity contribution is 0.121. The van der Waals surface area contributed by atoms with Crippen molar-refractivity contribution in [2.45, 2.75) is 18.7 Å². The average molecular weight is 376 g/mol. The van der Waals surface area contributed by atoms with Crippen molar-refractivity contribution in [2.75, 3.05) is 7.11 Å². The van der Waals surface area contributed by atoms with Gasteiger partial charge in [-0.1, -0.05) is 79.5 Å². The van der Waals surface area contributed by atoms with E-state index in [2.05, 4.69) is 24.7 Å². The van der Waals surface area contributed by atoms with Crippen LogP contribution in [0, 0.1) is 0 Å². The maximum Gasteiger partial charge on any atom is 0.219 e. The highest BCUT2D eigenvalue weighted by Crippen LogP contribution is 2.40. The van der Waals surface area contributed by atoms with Crippen LogP contribution >= 0.6 is 0 Å². The Kier molecular flexibility index (Phi) is 5.30. The van der Waals surface area contributed by atoms with Gasteiger partial charge in [-0.25, -0.2) is 4.98 Å². The average Bonchev–Trinajstić information content (AvgIpc) is 2.74. The highest BCUT2D eigenvalue weighted by Gasteiger charge is 2.38. The molecule has 2 aromatic carbocycles. The van der Waals surface area contributed by atoms with Crippen LogP contribution in [-0.4, -0.2) is 25.3 Å². The zero-order valence-corrected chi connectivity index (χ0v) is 17.0. The Morgan fingerprint density at radius 1 is 1.00 bits per heavy atom. The first-order chi connectivity index (χ1) is 12.9. The number of aliphatic hydroxyl groups is 1. The van der Waals surface area contributed by atoms with E-state index >= 15 is 0 Å². The van der Waals surface area contributed by atoms with Crippen LogP contribution in [-0.2, 0) is 5.60 Å². The first-order valence-electron chi connectivity index (χ1n) is 8.95. The smallest absolute Gasteiger partial charge is 0.219 e. The molecular weight excluding hydrogens is 350 g/mol. The number of pyridine rings is 1. The SMILES string of the molecule is C=C[Si](C)(C)c1cnc(OC)c(C(O)(c2ccccc2)c2ccccc2)c1. The Morgan fingerprint density at radius 2 is 1.52 bits per heavy atom. The molecule has 0 radical (unpaired) electrons. The van der Waals surface area contributed by atoms with Crippen LogP contribution in [0.15, 0.2) is 85.2 Å². The molecule has 3 rings (SSSR count). The van der Waals surface area contributed by atoms with Crippen molar-refractivity contribution < 1.29 is 9.84 Å². The zero-order valence-electron chi connectivity index (χ0n) is 16.0. The number of hydrogen-bond donors (Lipinski definition) is 1. The van der Waals surface area contributed by atoms with E-state index in [-0.39, 0.29) is 0 Å². The number of methoxy groups -OCH3 is 1. The van der Waals surface area contributed by atoms with Crippen molar-refractivity contribution in [2.24, 2.45) is 0 Å². The third-order valence-electron chi connectivity index (χ3n) is 5.07. The lowest BCUT2D eigenvalue weighted by atomic mass is 9.81. The maximum atomic E-state index is 12.1. The van der Waals surface area contributed by atoms with E-state index in [0.29, 0.717) is 11.4 Å². The Labute approximate surface area is 162 Å². The van der Waals surface area contributed by atoms with E-state index in [1.165, 1.54) is 0 Å². The van der Waals surface area contributed by atoms with Gasteiger partial charge in [0.05, 0.1) is 12.7 Å². The van der Waals surface area contributed by atoms with Gasteiger partial charge in [-0.3, -0.25) is 0 Å². The van der Waals surface area contributed by atoms with Crippen molar-refractivity contribution in [3.63, 3.8) is 0 Å². The van der Waals surface area contributed by atoms with Crippen molar-refractivity contribution in [1.82, 2.24) is 4.98 Å².